The molecule has 0 N–H and O–H groups in total. The fourth-order valence-electron chi connectivity index (χ4n) is 5.34. The number of nitrogens with zero attached hydrogens (tertiary/aromatic N) is 1. The third-order valence-corrected chi connectivity index (χ3v) is 7.54. The van der Waals surface area contributed by atoms with E-state index < -0.39 is 18.4 Å². The van der Waals surface area contributed by atoms with Gasteiger partial charge in [0.05, 0.1) is 14.2 Å². The molecule has 3 aromatic rings. The maximum Gasteiger partial charge on any atom is 0.513 e. The van der Waals surface area contributed by atoms with E-state index in [1.165, 1.54) is 20.6 Å². The average Bonchev–Trinajstić information content (AvgIpc) is 3.42. The van der Waals surface area contributed by atoms with Gasteiger partial charge in [0.15, 0.2) is 0 Å². The lowest BCUT2D eigenvalue weighted by molar-refractivity contribution is 0.120. The molecule has 2 heterocycles. The first-order valence-electron chi connectivity index (χ1n) is 13.9. The highest BCUT2D eigenvalue weighted by Crippen LogP contribution is 2.47. The van der Waals surface area contributed by atoms with Gasteiger partial charge in [-0.25, -0.2) is 9.59 Å². The van der Waals surface area contributed by atoms with E-state index in [0.717, 1.165) is 59.1 Å². The number of allylic oxidation sites excluding steroid dienone is 1. The Labute approximate surface area is 245 Å². The van der Waals surface area contributed by atoms with Crippen LogP contribution in [0.2, 0.25) is 0 Å². The number of carbonyl (C=O) groups is 2. The summed E-state index contributed by atoms with van der Waals surface area (Å²) in [5, 5.41) is 0. The highest BCUT2D eigenvalue weighted by molar-refractivity contribution is 5.95. The fourth-order valence-corrected chi connectivity index (χ4v) is 5.34. The standard InChI is InChI=1S/C33H35NO8/c1-21-15-16-34(20-21)17-18-39-25-9-7-24(8-10-25)31-30(23-5-11-26(12-6-23)40-32(35)37-3)22(2)28-14-13-27(19-29(28)42-31)41-33(36)38-4/h5-14,19,21,31H,15-18,20H2,1-4H3/t21-,31?/m1/s1. The second kappa shape index (κ2) is 13.0. The minimum Gasteiger partial charge on any atom is -0.492 e. The van der Waals surface area contributed by atoms with Crippen molar-refractivity contribution in [1.29, 1.82) is 0 Å². The molecule has 3 aromatic carbocycles. The van der Waals surface area contributed by atoms with Gasteiger partial charge in [-0.2, -0.15) is 0 Å². The van der Waals surface area contributed by atoms with Crippen molar-refractivity contribution < 1.29 is 38.0 Å². The zero-order valence-electron chi connectivity index (χ0n) is 24.3. The van der Waals surface area contributed by atoms with E-state index in [4.69, 9.17) is 18.9 Å². The first-order valence-corrected chi connectivity index (χ1v) is 13.9. The van der Waals surface area contributed by atoms with Gasteiger partial charge in [0.1, 0.15) is 35.7 Å². The van der Waals surface area contributed by atoms with Crippen LogP contribution in [0, 0.1) is 5.92 Å². The zero-order valence-corrected chi connectivity index (χ0v) is 24.3. The molecule has 1 unspecified atom stereocenters. The molecule has 220 valence electrons. The van der Waals surface area contributed by atoms with Crippen LogP contribution < -0.4 is 18.9 Å². The zero-order chi connectivity index (χ0) is 29.6. The molecule has 0 aromatic heterocycles. The Morgan fingerprint density at radius 3 is 2.17 bits per heavy atom. The summed E-state index contributed by atoms with van der Waals surface area (Å²) in [6.07, 6.45) is -0.822. The number of ether oxygens (including phenoxy) is 6. The van der Waals surface area contributed by atoms with Gasteiger partial charge in [-0.05, 0) is 78.9 Å². The van der Waals surface area contributed by atoms with E-state index in [2.05, 4.69) is 21.3 Å². The third-order valence-electron chi connectivity index (χ3n) is 7.54. The molecule has 1 saturated heterocycles. The number of hydrogen-bond donors (Lipinski definition) is 0. The van der Waals surface area contributed by atoms with Crippen LogP contribution in [0.15, 0.2) is 66.7 Å². The predicted molar refractivity (Wildman–Crippen MR) is 157 cm³/mol. The van der Waals surface area contributed by atoms with E-state index in [9.17, 15) is 9.59 Å². The molecule has 2 aliphatic rings. The number of likely N-dealkylation sites (tertiary alicyclic amines) is 1. The van der Waals surface area contributed by atoms with Gasteiger partial charge in [-0.1, -0.05) is 31.2 Å². The van der Waals surface area contributed by atoms with Crippen molar-refractivity contribution in [3.05, 3.63) is 83.4 Å². The molecular weight excluding hydrogens is 538 g/mol. The Morgan fingerprint density at radius 1 is 0.881 bits per heavy atom. The molecule has 0 radical (unpaired) electrons. The number of rotatable bonds is 8. The lowest BCUT2D eigenvalue weighted by Crippen LogP contribution is -2.25. The quantitative estimate of drug-likeness (QED) is 0.214. The van der Waals surface area contributed by atoms with E-state index in [1.807, 2.05) is 49.4 Å². The molecule has 1 fully saturated rings. The number of carbonyl (C=O) groups excluding carboxylic acids is 2. The molecule has 0 aliphatic carbocycles. The smallest absolute Gasteiger partial charge is 0.492 e. The van der Waals surface area contributed by atoms with Gasteiger partial charge >= 0.3 is 12.3 Å². The van der Waals surface area contributed by atoms with Gasteiger partial charge in [0, 0.05) is 30.3 Å². The van der Waals surface area contributed by atoms with E-state index in [0.29, 0.717) is 23.9 Å². The highest BCUT2D eigenvalue weighted by Gasteiger charge is 2.30. The van der Waals surface area contributed by atoms with Gasteiger partial charge in [-0.3, -0.25) is 4.90 Å². The Bertz CT molecular complexity index is 1450. The Balaban J connectivity index is 1.42. The Hall–Kier alpha value is -4.50. The maximum atomic E-state index is 11.7. The topological polar surface area (TPSA) is 92.8 Å². The van der Waals surface area contributed by atoms with E-state index >= 15 is 0 Å². The average molecular weight is 574 g/mol. The SMILES string of the molecule is COC(=O)Oc1ccc(C2=C(C)c3ccc(OC(=O)OC)cc3OC2c2ccc(OCCN3CC[C@@H](C)C3)cc2)cc1. The van der Waals surface area contributed by atoms with Crippen LogP contribution in [0.5, 0.6) is 23.0 Å². The van der Waals surface area contributed by atoms with Gasteiger partial charge in [-0.15, -0.1) is 0 Å². The Morgan fingerprint density at radius 2 is 1.52 bits per heavy atom. The molecule has 0 saturated carbocycles. The lowest BCUT2D eigenvalue weighted by Gasteiger charge is -2.31. The van der Waals surface area contributed by atoms with Crippen LogP contribution in [0.1, 0.15) is 43.1 Å². The fraction of sp³-hybridized carbons (Fsp3) is 0.333. The van der Waals surface area contributed by atoms with Crippen molar-refractivity contribution in [2.24, 2.45) is 5.92 Å². The molecule has 2 atom stereocenters. The maximum absolute atomic E-state index is 11.7. The molecule has 9 heteroatoms. The molecule has 0 bridgehead atoms. The number of hydrogen-bond acceptors (Lipinski definition) is 9. The number of methoxy groups -OCH3 is 2. The second-order valence-electron chi connectivity index (χ2n) is 10.4. The van der Waals surface area contributed by atoms with Crippen LogP contribution >= 0.6 is 0 Å². The normalized spacial score (nSPS) is 18.1. The summed E-state index contributed by atoms with van der Waals surface area (Å²) < 4.78 is 32.3. The number of benzene rings is 3. The molecule has 0 amide bonds. The summed E-state index contributed by atoms with van der Waals surface area (Å²) in [5.41, 5.74) is 4.63. The lowest BCUT2D eigenvalue weighted by atomic mass is 9.86. The van der Waals surface area contributed by atoms with Gasteiger partial charge in [0.25, 0.3) is 0 Å². The van der Waals surface area contributed by atoms with Crippen molar-refractivity contribution in [3.63, 3.8) is 0 Å². The largest absolute Gasteiger partial charge is 0.513 e. The van der Waals surface area contributed by atoms with Crippen molar-refractivity contribution in [2.45, 2.75) is 26.4 Å². The predicted octanol–water partition coefficient (Wildman–Crippen LogP) is 6.76. The summed E-state index contributed by atoms with van der Waals surface area (Å²) in [5.74, 6) is 2.80. The van der Waals surface area contributed by atoms with Crippen molar-refractivity contribution in [2.75, 3.05) is 40.5 Å². The second-order valence-corrected chi connectivity index (χ2v) is 10.4. The summed E-state index contributed by atoms with van der Waals surface area (Å²) in [4.78, 5) is 25.7. The molecule has 2 aliphatic heterocycles. The Kier molecular flexibility index (Phi) is 8.97. The summed E-state index contributed by atoms with van der Waals surface area (Å²) in [6, 6.07) is 20.3. The summed E-state index contributed by atoms with van der Waals surface area (Å²) in [7, 11) is 2.52. The minimum atomic E-state index is -0.806. The number of fused-ring (bicyclic) bond motifs is 1. The van der Waals surface area contributed by atoms with Crippen LogP contribution in [0.3, 0.4) is 0 Å². The summed E-state index contributed by atoms with van der Waals surface area (Å²) in [6.45, 7) is 8.10. The van der Waals surface area contributed by atoms with E-state index in [1.54, 1.807) is 24.3 Å². The van der Waals surface area contributed by atoms with Crippen LogP contribution in [-0.2, 0) is 9.47 Å². The molecule has 0 spiro atoms. The van der Waals surface area contributed by atoms with Crippen LogP contribution in [0.4, 0.5) is 9.59 Å². The molecule has 5 rings (SSSR count). The minimum absolute atomic E-state index is 0.316. The van der Waals surface area contributed by atoms with Crippen molar-refractivity contribution in [1.82, 2.24) is 4.90 Å². The first kappa shape index (κ1) is 29.0. The van der Waals surface area contributed by atoms with Gasteiger partial charge in [0.2, 0.25) is 0 Å². The van der Waals surface area contributed by atoms with E-state index in [-0.39, 0.29) is 0 Å². The van der Waals surface area contributed by atoms with Crippen LogP contribution in [0.25, 0.3) is 11.1 Å². The van der Waals surface area contributed by atoms with Gasteiger partial charge < -0.3 is 28.4 Å². The highest BCUT2D eigenvalue weighted by atomic mass is 16.7. The van der Waals surface area contributed by atoms with Crippen molar-refractivity contribution in [3.8, 4) is 23.0 Å². The summed E-state index contributed by atoms with van der Waals surface area (Å²) >= 11 is 0. The molecular formula is C33H35NO8. The monoisotopic (exact) mass is 573 g/mol. The third kappa shape index (κ3) is 6.69. The van der Waals surface area contributed by atoms with Crippen LogP contribution in [-0.4, -0.2) is 57.7 Å². The molecule has 42 heavy (non-hydrogen) atoms. The van der Waals surface area contributed by atoms with Crippen molar-refractivity contribution >= 4 is 23.5 Å². The first-order chi connectivity index (χ1) is 20.3. The molecule has 9 nitrogen and oxygen atoms in total.